The first-order chi connectivity index (χ1) is 7.74. The van der Waals surface area contributed by atoms with Crippen LogP contribution >= 0.6 is 0 Å². The first-order valence-corrected chi connectivity index (χ1v) is 6.20. The summed E-state index contributed by atoms with van der Waals surface area (Å²) in [4.78, 5) is 2.37. The number of likely N-dealkylation sites (tertiary alicyclic amines) is 1. The smallest absolute Gasteiger partial charge is 0.118 e. The second kappa shape index (κ2) is 5.60. The van der Waals surface area contributed by atoms with Crippen LogP contribution in [0.15, 0.2) is 24.1 Å². The number of hydrogen-bond donors (Lipinski definition) is 1. The fourth-order valence-electron chi connectivity index (χ4n) is 2.32. The molecular formula is C13H21FN2. The van der Waals surface area contributed by atoms with Crippen molar-refractivity contribution in [2.75, 3.05) is 26.7 Å². The molecule has 1 aliphatic heterocycles. The monoisotopic (exact) mass is 224 g/mol. The Morgan fingerprint density at radius 1 is 1.44 bits per heavy atom. The lowest BCUT2D eigenvalue weighted by atomic mass is 9.99. The van der Waals surface area contributed by atoms with Gasteiger partial charge in [-0.15, -0.1) is 0 Å². The van der Waals surface area contributed by atoms with E-state index in [1.165, 1.54) is 25.9 Å². The first kappa shape index (κ1) is 11.8. The highest BCUT2D eigenvalue weighted by molar-refractivity contribution is 5.17. The summed E-state index contributed by atoms with van der Waals surface area (Å²) in [6.45, 7) is 3.36. The van der Waals surface area contributed by atoms with Gasteiger partial charge in [0.15, 0.2) is 0 Å². The lowest BCUT2D eigenvalue weighted by Gasteiger charge is -2.30. The summed E-state index contributed by atoms with van der Waals surface area (Å²) in [5.74, 6) is 0.384. The normalized spacial score (nSPS) is 28.1. The van der Waals surface area contributed by atoms with Crippen LogP contribution in [0, 0.1) is 5.92 Å². The molecule has 16 heavy (non-hydrogen) atoms. The predicted octanol–water partition coefficient (Wildman–Crippen LogP) is 2.10. The molecule has 1 N–H and O–H groups in total. The number of piperidine rings is 1. The average Bonchev–Trinajstić information content (AvgIpc) is 2.30. The highest BCUT2D eigenvalue weighted by Gasteiger charge is 2.17. The minimum Gasteiger partial charge on any atom is -0.313 e. The van der Waals surface area contributed by atoms with E-state index in [2.05, 4.69) is 17.3 Å². The molecular weight excluding hydrogens is 203 g/mol. The maximum atomic E-state index is 12.7. The third kappa shape index (κ3) is 3.42. The Labute approximate surface area is 97.2 Å². The summed E-state index contributed by atoms with van der Waals surface area (Å²) in [5, 5.41) is 3.60. The predicted molar refractivity (Wildman–Crippen MR) is 65.0 cm³/mol. The maximum Gasteiger partial charge on any atom is 0.118 e. The van der Waals surface area contributed by atoms with Crippen molar-refractivity contribution in [3.63, 3.8) is 0 Å². The molecule has 2 aliphatic rings. The van der Waals surface area contributed by atoms with E-state index in [1.54, 1.807) is 12.2 Å². The van der Waals surface area contributed by atoms with Gasteiger partial charge in [0, 0.05) is 12.6 Å². The van der Waals surface area contributed by atoms with Crippen molar-refractivity contribution in [1.82, 2.24) is 10.2 Å². The van der Waals surface area contributed by atoms with Crippen molar-refractivity contribution in [3.05, 3.63) is 24.1 Å². The molecule has 1 unspecified atom stereocenters. The molecule has 0 bridgehead atoms. The summed E-state index contributed by atoms with van der Waals surface area (Å²) < 4.78 is 12.7. The van der Waals surface area contributed by atoms with Crippen molar-refractivity contribution in [2.24, 2.45) is 5.92 Å². The third-order valence-corrected chi connectivity index (χ3v) is 3.53. The van der Waals surface area contributed by atoms with E-state index in [4.69, 9.17) is 0 Å². The maximum absolute atomic E-state index is 12.7. The molecule has 1 aliphatic carbocycles. The van der Waals surface area contributed by atoms with Crippen LogP contribution < -0.4 is 5.32 Å². The number of rotatable bonds is 3. The van der Waals surface area contributed by atoms with Crippen LogP contribution in [0.1, 0.15) is 19.3 Å². The minimum absolute atomic E-state index is 0.0875. The number of hydrogen-bond acceptors (Lipinski definition) is 2. The lowest BCUT2D eigenvalue weighted by molar-refractivity contribution is 0.232. The second-order valence-electron chi connectivity index (χ2n) is 4.93. The van der Waals surface area contributed by atoms with Crippen LogP contribution in [0.4, 0.5) is 4.39 Å². The molecule has 1 atom stereocenters. The summed E-state index contributed by atoms with van der Waals surface area (Å²) in [6, 6.07) is 0.653. The number of halogens is 1. The van der Waals surface area contributed by atoms with Crippen molar-refractivity contribution in [1.29, 1.82) is 0 Å². The van der Waals surface area contributed by atoms with E-state index < -0.39 is 0 Å². The summed E-state index contributed by atoms with van der Waals surface area (Å²) >= 11 is 0. The van der Waals surface area contributed by atoms with Gasteiger partial charge in [-0.2, -0.15) is 0 Å². The van der Waals surface area contributed by atoms with E-state index in [0.29, 0.717) is 12.0 Å². The first-order valence-electron chi connectivity index (χ1n) is 6.20. The van der Waals surface area contributed by atoms with Crippen LogP contribution in [-0.2, 0) is 0 Å². The van der Waals surface area contributed by atoms with Gasteiger partial charge in [0.05, 0.1) is 0 Å². The zero-order valence-corrected chi connectivity index (χ0v) is 9.95. The highest BCUT2D eigenvalue weighted by Crippen LogP contribution is 2.17. The third-order valence-electron chi connectivity index (χ3n) is 3.53. The van der Waals surface area contributed by atoms with Crippen molar-refractivity contribution in [2.45, 2.75) is 25.3 Å². The fourth-order valence-corrected chi connectivity index (χ4v) is 2.32. The van der Waals surface area contributed by atoms with Gasteiger partial charge in [-0.3, -0.25) is 0 Å². The Morgan fingerprint density at radius 2 is 2.19 bits per heavy atom. The van der Waals surface area contributed by atoms with Gasteiger partial charge in [0.2, 0.25) is 0 Å². The standard InChI is InChI=1S/C13H21FN2/c1-16-8-6-13(7-9-16)15-10-11-2-4-12(14)5-3-11/h2,4-5,11,13,15H,3,6-10H2,1H3. The molecule has 0 aromatic heterocycles. The number of nitrogens with one attached hydrogen (secondary N) is 1. The fraction of sp³-hybridized carbons (Fsp3) is 0.692. The molecule has 1 fully saturated rings. The van der Waals surface area contributed by atoms with E-state index in [-0.39, 0.29) is 5.83 Å². The summed E-state index contributed by atoms with van der Waals surface area (Å²) in [7, 11) is 2.17. The van der Waals surface area contributed by atoms with E-state index in [1.807, 2.05) is 6.08 Å². The average molecular weight is 224 g/mol. The zero-order valence-electron chi connectivity index (χ0n) is 9.95. The van der Waals surface area contributed by atoms with Crippen LogP contribution in [0.5, 0.6) is 0 Å². The van der Waals surface area contributed by atoms with Crippen LogP contribution in [-0.4, -0.2) is 37.6 Å². The Morgan fingerprint density at radius 3 is 2.81 bits per heavy atom. The molecule has 1 heterocycles. The molecule has 2 nitrogen and oxygen atoms in total. The van der Waals surface area contributed by atoms with Gasteiger partial charge >= 0.3 is 0 Å². The van der Waals surface area contributed by atoms with Crippen LogP contribution in [0.25, 0.3) is 0 Å². The summed E-state index contributed by atoms with van der Waals surface area (Å²) in [6.07, 6.45) is 8.55. The zero-order chi connectivity index (χ0) is 11.4. The molecule has 0 aromatic carbocycles. The van der Waals surface area contributed by atoms with Gasteiger partial charge in [0.1, 0.15) is 5.83 Å². The summed E-state index contributed by atoms with van der Waals surface area (Å²) in [5.41, 5.74) is 0. The SMILES string of the molecule is CN1CCC(NCC2C=CC(F)=CC2)CC1. The molecule has 0 aromatic rings. The molecule has 1 saturated heterocycles. The van der Waals surface area contributed by atoms with Gasteiger partial charge in [-0.05, 0) is 57.5 Å². The van der Waals surface area contributed by atoms with E-state index in [0.717, 1.165) is 13.0 Å². The molecule has 90 valence electrons. The molecule has 0 saturated carbocycles. The van der Waals surface area contributed by atoms with Crippen molar-refractivity contribution >= 4 is 0 Å². The topological polar surface area (TPSA) is 15.3 Å². The Bertz CT molecular complexity index is 278. The van der Waals surface area contributed by atoms with Crippen LogP contribution in [0.3, 0.4) is 0 Å². The molecule has 2 rings (SSSR count). The minimum atomic E-state index is -0.0875. The lowest BCUT2D eigenvalue weighted by Crippen LogP contribution is -2.42. The number of nitrogens with zero attached hydrogens (tertiary/aromatic N) is 1. The molecule has 0 amide bonds. The van der Waals surface area contributed by atoms with Crippen LogP contribution in [0.2, 0.25) is 0 Å². The van der Waals surface area contributed by atoms with Gasteiger partial charge < -0.3 is 10.2 Å². The van der Waals surface area contributed by atoms with Gasteiger partial charge in [-0.1, -0.05) is 6.08 Å². The van der Waals surface area contributed by atoms with Crippen molar-refractivity contribution < 1.29 is 4.39 Å². The quantitative estimate of drug-likeness (QED) is 0.789. The Hall–Kier alpha value is -0.670. The second-order valence-corrected chi connectivity index (χ2v) is 4.93. The Balaban J connectivity index is 1.67. The molecule has 3 heteroatoms. The highest BCUT2D eigenvalue weighted by atomic mass is 19.1. The largest absolute Gasteiger partial charge is 0.313 e. The molecule has 0 spiro atoms. The van der Waals surface area contributed by atoms with Gasteiger partial charge in [0.25, 0.3) is 0 Å². The van der Waals surface area contributed by atoms with Crippen molar-refractivity contribution in [3.8, 4) is 0 Å². The van der Waals surface area contributed by atoms with E-state index >= 15 is 0 Å². The van der Waals surface area contributed by atoms with E-state index in [9.17, 15) is 4.39 Å². The molecule has 0 radical (unpaired) electrons. The van der Waals surface area contributed by atoms with Gasteiger partial charge in [-0.25, -0.2) is 4.39 Å². The number of allylic oxidation sites excluding steroid dienone is 3. The Kier molecular flexibility index (Phi) is 4.13.